The van der Waals surface area contributed by atoms with Crippen LogP contribution in [0.3, 0.4) is 0 Å². The van der Waals surface area contributed by atoms with Gasteiger partial charge in [-0.3, -0.25) is 14.8 Å². The van der Waals surface area contributed by atoms with E-state index in [-0.39, 0.29) is 5.69 Å². The molecular formula is C9H14N4O3. The average molecular weight is 226 g/mol. The van der Waals surface area contributed by atoms with Crippen molar-refractivity contribution in [2.24, 2.45) is 7.05 Å². The molecule has 1 aliphatic heterocycles. The van der Waals surface area contributed by atoms with Crippen molar-refractivity contribution in [3.8, 4) is 0 Å². The van der Waals surface area contributed by atoms with Crippen LogP contribution in [0.2, 0.25) is 0 Å². The number of aryl methyl sites for hydroxylation is 1. The van der Waals surface area contributed by atoms with E-state index in [1.54, 1.807) is 18.9 Å². The molecule has 7 nitrogen and oxygen atoms in total. The first-order chi connectivity index (χ1) is 7.39. The molecule has 2 rings (SSSR count). The molecule has 1 unspecified atom stereocenters. The maximum absolute atomic E-state index is 10.8. The van der Waals surface area contributed by atoms with Gasteiger partial charge in [-0.15, -0.1) is 5.10 Å². The molecule has 0 amide bonds. The Kier molecular flexibility index (Phi) is 2.34. The maximum Gasteiger partial charge on any atom is 0.330 e. The number of rotatable bonds is 2. The zero-order valence-corrected chi connectivity index (χ0v) is 9.25. The van der Waals surface area contributed by atoms with Gasteiger partial charge in [0, 0.05) is 20.1 Å². The number of aromatic nitrogens is 2. The maximum atomic E-state index is 10.8. The van der Waals surface area contributed by atoms with Crippen molar-refractivity contribution in [2.45, 2.75) is 18.9 Å². The van der Waals surface area contributed by atoms with Crippen molar-refractivity contribution in [3.05, 3.63) is 16.3 Å². The van der Waals surface area contributed by atoms with Crippen molar-refractivity contribution >= 4 is 11.5 Å². The molecule has 2 heterocycles. The lowest BCUT2D eigenvalue weighted by molar-refractivity contribution is -0.384. The Morgan fingerprint density at radius 2 is 2.38 bits per heavy atom. The van der Waals surface area contributed by atoms with Crippen LogP contribution in [0, 0.1) is 10.1 Å². The summed E-state index contributed by atoms with van der Waals surface area (Å²) in [5, 5.41) is 24.7. The summed E-state index contributed by atoms with van der Waals surface area (Å²) in [7, 11) is 1.64. The molecule has 1 fully saturated rings. The van der Waals surface area contributed by atoms with Crippen LogP contribution in [0.25, 0.3) is 0 Å². The minimum atomic E-state index is -0.786. The molecule has 1 aromatic rings. The van der Waals surface area contributed by atoms with Crippen LogP contribution in [0.5, 0.6) is 0 Å². The van der Waals surface area contributed by atoms with Crippen LogP contribution in [0.4, 0.5) is 11.5 Å². The predicted octanol–water partition coefficient (Wildman–Crippen LogP) is 0.289. The molecule has 0 bridgehead atoms. The minimum absolute atomic E-state index is 0.0137. The summed E-state index contributed by atoms with van der Waals surface area (Å²) >= 11 is 0. The summed E-state index contributed by atoms with van der Waals surface area (Å²) in [4.78, 5) is 12.1. The van der Waals surface area contributed by atoms with E-state index in [1.807, 2.05) is 0 Å². The van der Waals surface area contributed by atoms with Crippen molar-refractivity contribution in [1.29, 1.82) is 0 Å². The molecule has 1 aliphatic rings. The van der Waals surface area contributed by atoms with E-state index in [1.165, 1.54) is 10.9 Å². The van der Waals surface area contributed by atoms with Crippen molar-refractivity contribution < 1.29 is 10.0 Å². The number of nitro groups is 1. The molecule has 1 atom stereocenters. The Morgan fingerprint density at radius 1 is 1.69 bits per heavy atom. The molecule has 16 heavy (non-hydrogen) atoms. The van der Waals surface area contributed by atoms with Gasteiger partial charge >= 0.3 is 5.69 Å². The monoisotopic (exact) mass is 226 g/mol. The summed E-state index contributed by atoms with van der Waals surface area (Å²) in [6.45, 7) is 2.69. The zero-order valence-electron chi connectivity index (χ0n) is 9.25. The molecule has 1 saturated heterocycles. The predicted molar refractivity (Wildman–Crippen MR) is 57.3 cm³/mol. The van der Waals surface area contributed by atoms with Gasteiger partial charge in [-0.2, -0.15) is 0 Å². The molecule has 0 saturated carbocycles. The number of hydrogen-bond donors (Lipinski definition) is 1. The van der Waals surface area contributed by atoms with Crippen LogP contribution in [0.15, 0.2) is 6.20 Å². The van der Waals surface area contributed by atoms with Gasteiger partial charge in [-0.1, -0.05) is 0 Å². The van der Waals surface area contributed by atoms with Gasteiger partial charge < -0.3 is 10.0 Å². The highest BCUT2D eigenvalue weighted by molar-refractivity contribution is 5.57. The van der Waals surface area contributed by atoms with Gasteiger partial charge in [0.05, 0.1) is 10.5 Å². The van der Waals surface area contributed by atoms with Crippen LogP contribution in [-0.2, 0) is 7.05 Å². The summed E-state index contributed by atoms with van der Waals surface area (Å²) in [5.41, 5.74) is -0.800. The van der Waals surface area contributed by atoms with Crippen LogP contribution in [-0.4, -0.2) is 38.5 Å². The standard InChI is InChI=1S/C9H14N4O3/c1-9(14)3-4-12(6-9)8-7(13(15)16)5-11(2)10-8/h5,14H,3-4,6H2,1-2H3. The topological polar surface area (TPSA) is 84.4 Å². The molecule has 0 radical (unpaired) electrons. The normalized spacial score (nSPS) is 25.1. The first-order valence-corrected chi connectivity index (χ1v) is 5.04. The quantitative estimate of drug-likeness (QED) is 0.578. The molecule has 0 spiro atoms. The molecule has 0 aromatic carbocycles. The lowest BCUT2D eigenvalue weighted by Crippen LogP contribution is -2.30. The average Bonchev–Trinajstić information content (AvgIpc) is 2.68. The number of anilines is 1. The highest BCUT2D eigenvalue weighted by Gasteiger charge is 2.35. The highest BCUT2D eigenvalue weighted by Crippen LogP contribution is 2.31. The zero-order chi connectivity index (χ0) is 11.9. The molecular weight excluding hydrogens is 212 g/mol. The molecule has 1 N–H and O–H groups in total. The highest BCUT2D eigenvalue weighted by atomic mass is 16.6. The number of hydrogen-bond acceptors (Lipinski definition) is 5. The van der Waals surface area contributed by atoms with Crippen molar-refractivity contribution in [1.82, 2.24) is 9.78 Å². The number of β-amino-alcohol motifs (C(OH)–C–C–N with tert-alkyl or cyclic N) is 1. The molecule has 1 aromatic heterocycles. The SMILES string of the molecule is Cn1cc([N+](=O)[O-])c(N2CCC(C)(O)C2)n1. The fraction of sp³-hybridized carbons (Fsp3) is 0.667. The minimum Gasteiger partial charge on any atom is -0.388 e. The number of nitrogens with zero attached hydrogens (tertiary/aromatic N) is 4. The van der Waals surface area contributed by atoms with Gasteiger partial charge in [0.1, 0.15) is 6.20 Å². The van der Waals surface area contributed by atoms with E-state index in [0.29, 0.717) is 25.3 Å². The van der Waals surface area contributed by atoms with Gasteiger partial charge in [0.25, 0.3) is 0 Å². The van der Waals surface area contributed by atoms with Crippen LogP contribution < -0.4 is 4.90 Å². The van der Waals surface area contributed by atoms with Gasteiger partial charge in [0.15, 0.2) is 0 Å². The van der Waals surface area contributed by atoms with E-state index in [0.717, 1.165) is 0 Å². The Hall–Kier alpha value is -1.63. The second-order valence-electron chi connectivity index (χ2n) is 4.44. The second-order valence-corrected chi connectivity index (χ2v) is 4.44. The largest absolute Gasteiger partial charge is 0.388 e. The third-order valence-corrected chi connectivity index (χ3v) is 2.74. The van der Waals surface area contributed by atoms with Crippen molar-refractivity contribution in [2.75, 3.05) is 18.0 Å². The van der Waals surface area contributed by atoms with E-state index in [2.05, 4.69) is 5.10 Å². The summed E-state index contributed by atoms with van der Waals surface area (Å²) < 4.78 is 1.42. The first kappa shape index (κ1) is 10.9. The Balaban J connectivity index is 2.31. The van der Waals surface area contributed by atoms with Crippen molar-refractivity contribution in [3.63, 3.8) is 0 Å². The first-order valence-electron chi connectivity index (χ1n) is 5.04. The van der Waals surface area contributed by atoms with Gasteiger partial charge in [0.2, 0.25) is 5.82 Å². The fourth-order valence-electron chi connectivity index (χ4n) is 1.94. The lowest BCUT2D eigenvalue weighted by Gasteiger charge is -2.17. The summed E-state index contributed by atoms with van der Waals surface area (Å²) in [6, 6.07) is 0. The Labute approximate surface area is 92.4 Å². The molecule has 88 valence electrons. The third kappa shape index (κ3) is 1.85. The van der Waals surface area contributed by atoms with E-state index >= 15 is 0 Å². The number of aliphatic hydroxyl groups is 1. The van der Waals surface area contributed by atoms with Crippen LogP contribution in [0.1, 0.15) is 13.3 Å². The summed E-state index contributed by atoms with van der Waals surface area (Å²) in [6.07, 6.45) is 1.98. The third-order valence-electron chi connectivity index (χ3n) is 2.74. The molecule has 7 heteroatoms. The van der Waals surface area contributed by atoms with E-state index in [9.17, 15) is 15.2 Å². The smallest absolute Gasteiger partial charge is 0.330 e. The van der Waals surface area contributed by atoms with Gasteiger partial charge in [-0.25, -0.2) is 0 Å². The molecule has 0 aliphatic carbocycles. The van der Waals surface area contributed by atoms with E-state index in [4.69, 9.17) is 0 Å². The second kappa shape index (κ2) is 3.44. The van der Waals surface area contributed by atoms with Gasteiger partial charge in [-0.05, 0) is 13.3 Å². The Morgan fingerprint density at radius 3 is 2.88 bits per heavy atom. The summed E-state index contributed by atoms with van der Waals surface area (Å²) in [5.74, 6) is 0.338. The fourth-order valence-corrected chi connectivity index (χ4v) is 1.94. The van der Waals surface area contributed by atoms with E-state index < -0.39 is 10.5 Å². The lowest BCUT2D eigenvalue weighted by atomic mass is 10.1. The Bertz CT molecular complexity index is 426. The van der Waals surface area contributed by atoms with Crippen LogP contribution >= 0.6 is 0 Å².